The van der Waals surface area contributed by atoms with Crippen molar-refractivity contribution in [3.05, 3.63) is 30.1 Å². The molecule has 1 spiro atoms. The number of halogens is 6. The molecule has 3 fully saturated rings. The zero-order valence-corrected chi connectivity index (χ0v) is 19.9. The van der Waals surface area contributed by atoms with Gasteiger partial charge in [-0.1, -0.05) is 12.5 Å². The molecular weight excluding hydrogens is 514 g/mol. The fraction of sp³-hybridized carbons (Fsp3) is 0.696. The number of carbonyl (C=O) groups is 2. The molecule has 8 nitrogen and oxygen atoms in total. The van der Waals surface area contributed by atoms with Crippen molar-refractivity contribution in [3.8, 4) is 0 Å². The summed E-state index contributed by atoms with van der Waals surface area (Å²) in [4.78, 5) is 24.6. The van der Waals surface area contributed by atoms with Gasteiger partial charge in [-0.15, -0.1) is 0 Å². The molecule has 1 aliphatic carbocycles. The fourth-order valence-electron chi connectivity index (χ4n) is 4.26. The van der Waals surface area contributed by atoms with Gasteiger partial charge in [-0.25, -0.2) is 9.59 Å². The van der Waals surface area contributed by atoms with Crippen LogP contribution >= 0.6 is 0 Å². The van der Waals surface area contributed by atoms with Crippen LogP contribution in [0.2, 0.25) is 0 Å². The zero-order valence-electron chi connectivity index (χ0n) is 19.9. The number of piperidine rings is 1. The Bertz CT molecular complexity index is 832. The van der Waals surface area contributed by atoms with Crippen LogP contribution < -0.4 is 0 Å². The molecule has 1 aromatic heterocycles. The number of likely N-dealkylation sites (tertiary alicyclic amines) is 1. The van der Waals surface area contributed by atoms with Gasteiger partial charge in [-0.2, -0.15) is 26.3 Å². The molecule has 0 bridgehead atoms. The molecule has 1 saturated carbocycles. The van der Waals surface area contributed by atoms with Gasteiger partial charge in [-0.3, -0.25) is 4.98 Å². The Balaban J connectivity index is 0.000000286. The number of nitrogens with zero attached hydrogens (tertiary/aromatic N) is 2. The maximum Gasteiger partial charge on any atom is 0.490 e. The van der Waals surface area contributed by atoms with Gasteiger partial charge in [0.1, 0.15) is 0 Å². The third-order valence-corrected chi connectivity index (χ3v) is 6.52. The van der Waals surface area contributed by atoms with E-state index >= 15 is 0 Å². The third-order valence-electron chi connectivity index (χ3n) is 6.52. The Morgan fingerprint density at radius 1 is 1.08 bits per heavy atom. The number of aliphatic carboxylic acids is 2. The van der Waals surface area contributed by atoms with Gasteiger partial charge in [0.25, 0.3) is 0 Å². The van der Waals surface area contributed by atoms with Gasteiger partial charge in [0.15, 0.2) is 0 Å². The van der Waals surface area contributed by atoms with Crippen LogP contribution in [0.15, 0.2) is 24.5 Å². The molecule has 2 saturated heterocycles. The van der Waals surface area contributed by atoms with E-state index in [1.54, 1.807) is 6.20 Å². The van der Waals surface area contributed by atoms with Gasteiger partial charge in [0, 0.05) is 18.4 Å². The molecule has 3 heterocycles. The van der Waals surface area contributed by atoms with Gasteiger partial charge in [0.05, 0.1) is 25.9 Å². The Morgan fingerprint density at radius 3 is 2.08 bits per heavy atom. The number of alkyl halides is 6. The Labute approximate surface area is 209 Å². The lowest BCUT2D eigenvalue weighted by Gasteiger charge is -2.45. The van der Waals surface area contributed by atoms with E-state index in [2.05, 4.69) is 16.0 Å². The highest BCUT2D eigenvalue weighted by Crippen LogP contribution is 2.43. The van der Waals surface area contributed by atoms with E-state index < -0.39 is 24.3 Å². The molecule has 1 atom stereocenters. The summed E-state index contributed by atoms with van der Waals surface area (Å²) < 4.78 is 75.4. The Kier molecular flexibility index (Phi) is 11.1. The molecule has 3 aliphatic rings. The first-order valence-electron chi connectivity index (χ1n) is 11.6. The zero-order chi connectivity index (χ0) is 27.7. The Hall–Kier alpha value is -2.45. The SMILES string of the molecule is O=C(O)C(F)(F)F.O=C(O)C(F)(F)F.c1cncc(COCC2CC3(CCN(C4CCC4)CC3)CO2)c1. The number of carboxylic acids is 2. The normalized spacial score (nSPS) is 21.7. The van der Waals surface area contributed by atoms with Crippen LogP contribution in [0.5, 0.6) is 0 Å². The number of hydrogen-bond donors (Lipinski definition) is 2. The first kappa shape index (κ1) is 30.8. The van der Waals surface area contributed by atoms with E-state index in [9.17, 15) is 26.3 Å². The van der Waals surface area contributed by atoms with E-state index in [0.29, 0.717) is 18.6 Å². The van der Waals surface area contributed by atoms with E-state index in [-0.39, 0.29) is 6.10 Å². The van der Waals surface area contributed by atoms with Crippen molar-refractivity contribution in [3.63, 3.8) is 0 Å². The van der Waals surface area contributed by atoms with Crippen LogP contribution in [-0.2, 0) is 25.7 Å². The summed E-state index contributed by atoms with van der Waals surface area (Å²) in [5, 5.41) is 14.2. The van der Waals surface area contributed by atoms with E-state index in [1.165, 1.54) is 51.6 Å². The molecule has 14 heteroatoms. The van der Waals surface area contributed by atoms with E-state index in [4.69, 9.17) is 29.3 Å². The molecular formula is C23H30F6N2O6. The van der Waals surface area contributed by atoms with Crippen LogP contribution in [0.1, 0.15) is 44.1 Å². The van der Waals surface area contributed by atoms with Crippen molar-refractivity contribution < 1.29 is 55.6 Å². The summed E-state index contributed by atoms with van der Waals surface area (Å²) in [6.45, 7) is 4.83. The van der Waals surface area contributed by atoms with Gasteiger partial charge >= 0.3 is 24.3 Å². The smallest absolute Gasteiger partial charge is 0.475 e. The first-order chi connectivity index (χ1) is 17.2. The maximum atomic E-state index is 10.6. The van der Waals surface area contributed by atoms with Crippen LogP contribution in [0, 0.1) is 5.41 Å². The van der Waals surface area contributed by atoms with Crippen LogP contribution in [0.4, 0.5) is 26.3 Å². The standard InChI is InChI=1S/C19H28N2O2.2C2HF3O2/c1-4-17(5-1)21-9-6-19(7-10-21)11-18(23-15-19)14-22-13-16-3-2-8-20-12-16;2*3-2(4,5)1(6)7/h2-3,8,12,17-18H,1,4-7,9-11,13-15H2;2*(H,6,7). The predicted octanol–water partition coefficient (Wildman–Crippen LogP) is 4.29. The summed E-state index contributed by atoms with van der Waals surface area (Å²) in [7, 11) is 0. The largest absolute Gasteiger partial charge is 0.490 e. The molecule has 0 radical (unpaired) electrons. The molecule has 0 amide bonds. The highest BCUT2D eigenvalue weighted by atomic mass is 19.4. The van der Waals surface area contributed by atoms with Gasteiger partial charge in [-0.05, 0) is 62.2 Å². The number of carboxylic acid groups (broad SMARTS) is 2. The lowest BCUT2D eigenvalue weighted by atomic mass is 9.75. The fourth-order valence-corrected chi connectivity index (χ4v) is 4.26. The summed E-state index contributed by atoms with van der Waals surface area (Å²) in [6, 6.07) is 4.91. The second-order valence-electron chi connectivity index (χ2n) is 9.24. The van der Waals surface area contributed by atoms with E-state index in [0.717, 1.165) is 18.2 Å². The van der Waals surface area contributed by atoms with Crippen molar-refractivity contribution in [2.75, 3.05) is 26.3 Å². The number of ether oxygens (including phenoxy) is 2. The quantitative estimate of drug-likeness (QED) is 0.529. The number of hydrogen-bond acceptors (Lipinski definition) is 6. The van der Waals surface area contributed by atoms with Crippen molar-refractivity contribution in [2.24, 2.45) is 5.41 Å². The molecule has 2 aliphatic heterocycles. The minimum absolute atomic E-state index is 0.280. The van der Waals surface area contributed by atoms with Crippen LogP contribution in [0.3, 0.4) is 0 Å². The predicted molar refractivity (Wildman–Crippen MR) is 117 cm³/mol. The average molecular weight is 544 g/mol. The van der Waals surface area contributed by atoms with Crippen molar-refractivity contribution in [2.45, 2.75) is 69.6 Å². The number of aromatic nitrogens is 1. The topological polar surface area (TPSA) is 109 Å². The van der Waals surface area contributed by atoms with Gasteiger partial charge < -0.3 is 24.6 Å². The summed E-state index contributed by atoms with van der Waals surface area (Å²) in [6.07, 6.45) is 1.86. The van der Waals surface area contributed by atoms with Crippen LogP contribution in [0.25, 0.3) is 0 Å². The lowest BCUT2D eigenvalue weighted by Crippen LogP contribution is -2.48. The van der Waals surface area contributed by atoms with Crippen molar-refractivity contribution >= 4 is 11.9 Å². The summed E-state index contributed by atoms with van der Waals surface area (Å²) in [5.74, 6) is -5.51. The molecule has 1 aromatic rings. The molecule has 1 unspecified atom stereocenters. The minimum atomic E-state index is -5.08. The maximum absolute atomic E-state index is 10.6. The van der Waals surface area contributed by atoms with E-state index in [1.807, 2.05) is 12.3 Å². The highest BCUT2D eigenvalue weighted by Gasteiger charge is 2.43. The second kappa shape index (κ2) is 13.4. The summed E-state index contributed by atoms with van der Waals surface area (Å²) in [5.41, 5.74) is 1.57. The van der Waals surface area contributed by atoms with Crippen molar-refractivity contribution in [1.82, 2.24) is 9.88 Å². The monoisotopic (exact) mass is 544 g/mol. The first-order valence-corrected chi connectivity index (χ1v) is 11.6. The highest BCUT2D eigenvalue weighted by molar-refractivity contribution is 5.73. The number of rotatable bonds is 5. The molecule has 37 heavy (non-hydrogen) atoms. The van der Waals surface area contributed by atoms with Crippen LogP contribution in [-0.4, -0.2) is 82.8 Å². The average Bonchev–Trinajstić information content (AvgIpc) is 3.17. The second-order valence-corrected chi connectivity index (χ2v) is 9.24. The molecule has 0 aromatic carbocycles. The molecule has 4 rings (SSSR count). The Morgan fingerprint density at radius 2 is 1.65 bits per heavy atom. The third kappa shape index (κ3) is 10.4. The number of pyridine rings is 1. The molecule has 210 valence electrons. The lowest BCUT2D eigenvalue weighted by molar-refractivity contribution is -0.193. The van der Waals surface area contributed by atoms with Crippen molar-refractivity contribution in [1.29, 1.82) is 0 Å². The summed E-state index contributed by atoms with van der Waals surface area (Å²) >= 11 is 0. The van der Waals surface area contributed by atoms with Gasteiger partial charge in [0.2, 0.25) is 0 Å². The molecule has 2 N–H and O–H groups in total. The minimum Gasteiger partial charge on any atom is -0.475 e.